The van der Waals surface area contributed by atoms with Gasteiger partial charge in [-0.25, -0.2) is 4.98 Å². The Bertz CT molecular complexity index is 955. The zero-order chi connectivity index (χ0) is 17.4. The third-order valence-electron chi connectivity index (χ3n) is 3.62. The predicted molar refractivity (Wildman–Crippen MR) is 102 cm³/mol. The molecule has 0 radical (unpaired) electrons. The largest absolute Gasteiger partial charge is 0.397 e. The fraction of sp³-hybridized carbons (Fsp3) is 0.133. The summed E-state index contributed by atoms with van der Waals surface area (Å²) in [7, 11) is 0. The van der Waals surface area contributed by atoms with Gasteiger partial charge in [0.25, 0.3) is 0 Å². The molecule has 7 nitrogen and oxygen atoms in total. The first-order valence-electron chi connectivity index (χ1n) is 7.08. The Morgan fingerprint density at radius 2 is 2.08 bits per heavy atom. The quantitative estimate of drug-likeness (QED) is 0.334. The molecule has 0 unspecified atom stereocenters. The SMILES string of the molecule is CCn1c(Nc2ccccc2N)nc2c([N+](=O)[O-])c(Br)c(Br)cc21. The van der Waals surface area contributed by atoms with Gasteiger partial charge in [0.2, 0.25) is 5.95 Å². The number of aromatic nitrogens is 2. The third kappa shape index (κ3) is 2.73. The fourth-order valence-electron chi connectivity index (χ4n) is 2.50. The number of hydrogen-bond donors (Lipinski definition) is 2. The average molecular weight is 455 g/mol. The number of nitrogens with one attached hydrogen (secondary N) is 1. The number of halogens is 2. The van der Waals surface area contributed by atoms with Crippen molar-refractivity contribution in [2.75, 3.05) is 11.1 Å². The number of nitrogens with two attached hydrogens (primary N) is 1. The molecule has 0 aliphatic heterocycles. The number of para-hydroxylation sites is 2. The van der Waals surface area contributed by atoms with Crippen molar-refractivity contribution in [3.63, 3.8) is 0 Å². The highest BCUT2D eigenvalue weighted by molar-refractivity contribution is 9.13. The van der Waals surface area contributed by atoms with Gasteiger partial charge in [0.05, 0.1) is 21.8 Å². The van der Waals surface area contributed by atoms with Crippen molar-refractivity contribution in [1.29, 1.82) is 0 Å². The van der Waals surface area contributed by atoms with E-state index in [2.05, 4.69) is 42.2 Å². The smallest absolute Gasteiger partial charge is 0.312 e. The summed E-state index contributed by atoms with van der Waals surface area (Å²) < 4.78 is 2.83. The summed E-state index contributed by atoms with van der Waals surface area (Å²) in [6.07, 6.45) is 0. The number of anilines is 3. The van der Waals surface area contributed by atoms with Crippen molar-refractivity contribution < 1.29 is 4.92 Å². The number of hydrogen-bond acceptors (Lipinski definition) is 5. The molecule has 3 N–H and O–H groups in total. The molecule has 0 fully saturated rings. The van der Waals surface area contributed by atoms with E-state index >= 15 is 0 Å². The average Bonchev–Trinajstić information content (AvgIpc) is 2.86. The molecule has 124 valence electrons. The Morgan fingerprint density at radius 3 is 2.71 bits per heavy atom. The van der Waals surface area contributed by atoms with Gasteiger partial charge < -0.3 is 15.6 Å². The van der Waals surface area contributed by atoms with Gasteiger partial charge in [0.15, 0.2) is 5.52 Å². The second kappa shape index (κ2) is 6.40. The monoisotopic (exact) mass is 453 g/mol. The van der Waals surface area contributed by atoms with Crippen molar-refractivity contribution in [2.45, 2.75) is 13.5 Å². The molecule has 9 heteroatoms. The van der Waals surface area contributed by atoms with E-state index in [1.54, 1.807) is 6.07 Å². The Labute approximate surface area is 154 Å². The van der Waals surface area contributed by atoms with Crippen LogP contribution in [0.4, 0.5) is 23.0 Å². The van der Waals surface area contributed by atoms with Crippen LogP contribution in [0.15, 0.2) is 39.3 Å². The number of benzene rings is 2. The molecular weight excluding hydrogens is 442 g/mol. The van der Waals surface area contributed by atoms with Gasteiger partial charge in [-0.15, -0.1) is 0 Å². The Kier molecular flexibility index (Phi) is 4.46. The van der Waals surface area contributed by atoms with E-state index in [-0.39, 0.29) is 5.69 Å². The minimum atomic E-state index is -0.440. The minimum Gasteiger partial charge on any atom is -0.397 e. The van der Waals surface area contributed by atoms with Gasteiger partial charge in [0, 0.05) is 11.0 Å². The number of rotatable bonds is 4. The van der Waals surface area contributed by atoms with Gasteiger partial charge in [-0.1, -0.05) is 12.1 Å². The molecule has 24 heavy (non-hydrogen) atoms. The minimum absolute atomic E-state index is 0.0735. The molecular formula is C15H13Br2N5O2. The summed E-state index contributed by atoms with van der Waals surface area (Å²) in [4.78, 5) is 15.5. The highest BCUT2D eigenvalue weighted by atomic mass is 79.9. The van der Waals surface area contributed by atoms with Crippen molar-refractivity contribution in [3.8, 4) is 0 Å². The van der Waals surface area contributed by atoms with Crippen LogP contribution >= 0.6 is 31.9 Å². The van der Waals surface area contributed by atoms with Crippen LogP contribution in [-0.4, -0.2) is 14.5 Å². The summed E-state index contributed by atoms with van der Waals surface area (Å²) in [6, 6.07) is 9.10. The molecule has 3 rings (SSSR count). The summed E-state index contributed by atoms with van der Waals surface area (Å²) in [6.45, 7) is 2.54. The van der Waals surface area contributed by atoms with E-state index in [0.717, 1.165) is 0 Å². The zero-order valence-electron chi connectivity index (χ0n) is 12.6. The summed E-state index contributed by atoms with van der Waals surface area (Å²) in [5, 5.41) is 14.6. The number of nitrogens with zero attached hydrogens (tertiary/aromatic N) is 3. The van der Waals surface area contributed by atoms with Crippen LogP contribution in [0.1, 0.15) is 6.92 Å². The lowest BCUT2D eigenvalue weighted by atomic mass is 10.2. The second-order valence-electron chi connectivity index (χ2n) is 5.04. The number of aryl methyl sites for hydroxylation is 1. The van der Waals surface area contributed by atoms with E-state index < -0.39 is 4.92 Å². The maximum absolute atomic E-state index is 11.5. The molecule has 0 amide bonds. The second-order valence-corrected chi connectivity index (χ2v) is 6.69. The van der Waals surface area contributed by atoms with Crippen LogP contribution in [-0.2, 0) is 6.54 Å². The molecule has 0 saturated carbocycles. The molecule has 0 atom stereocenters. The lowest BCUT2D eigenvalue weighted by Gasteiger charge is -2.10. The lowest BCUT2D eigenvalue weighted by molar-refractivity contribution is -0.384. The number of nitro groups is 1. The van der Waals surface area contributed by atoms with Crippen LogP contribution in [0.5, 0.6) is 0 Å². The molecule has 1 aromatic heterocycles. The highest BCUT2D eigenvalue weighted by Gasteiger charge is 2.25. The molecule has 3 aromatic rings. The zero-order valence-corrected chi connectivity index (χ0v) is 15.8. The third-order valence-corrected chi connectivity index (χ3v) is 5.58. The van der Waals surface area contributed by atoms with E-state index in [0.29, 0.717) is 43.8 Å². The first-order valence-corrected chi connectivity index (χ1v) is 8.66. The van der Waals surface area contributed by atoms with Gasteiger partial charge in [-0.05, 0) is 57.0 Å². The van der Waals surface area contributed by atoms with Crippen molar-refractivity contribution in [2.24, 2.45) is 0 Å². The molecule has 1 heterocycles. The molecule has 0 aliphatic carbocycles. The van der Waals surface area contributed by atoms with Crippen LogP contribution in [0.25, 0.3) is 11.0 Å². The van der Waals surface area contributed by atoms with Gasteiger partial charge in [-0.3, -0.25) is 10.1 Å². The normalized spacial score (nSPS) is 11.0. The van der Waals surface area contributed by atoms with Gasteiger partial charge >= 0.3 is 5.69 Å². The number of imidazole rings is 1. The van der Waals surface area contributed by atoms with Crippen LogP contribution in [0.3, 0.4) is 0 Å². The summed E-state index contributed by atoms with van der Waals surface area (Å²) >= 11 is 6.61. The van der Waals surface area contributed by atoms with Crippen molar-refractivity contribution >= 4 is 65.9 Å². The lowest BCUT2D eigenvalue weighted by Crippen LogP contribution is -2.03. The maximum Gasteiger partial charge on any atom is 0.312 e. The van der Waals surface area contributed by atoms with Crippen LogP contribution < -0.4 is 11.1 Å². The fourth-order valence-corrected chi connectivity index (χ4v) is 3.35. The van der Waals surface area contributed by atoms with E-state index in [1.165, 1.54) is 0 Å². The molecule has 0 bridgehead atoms. The first kappa shape index (κ1) is 16.7. The number of nitrogen functional groups attached to an aromatic ring is 1. The molecule has 0 saturated heterocycles. The Balaban J connectivity index is 2.25. The maximum atomic E-state index is 11.5. The van der Waals surface area contributed by atoms with Crippen molar-refractivity contribution in [3.05, 3.63) is 49.4 Å². The van der Waals surface area contributed by atoms with Gasteiger partial charge in [0.1, 0.15) is 4.47 Å². The van der Waals surface area contributed by atoms with Gasteiger partial charge in [-0.2, -0.15) is 0 Å². The van der Waals surface area contributed by atoms with E-state index in [9.17, 15) is 10.1 Å². The molecule has 0 aliphatic rings. The van der Waals surface area contributed by atoms with Crippen molar-refractivity contribution in [1.82, 2.24) is 9.55 Å². The predicted octanol–water partition coefficient (Wildman–Crippen LogP) is 4.82. The topological polar surface area (TPSA) is 99.0 Å². The Morgan fingerprint density at radius 1 is 1.38 bits per heavy atom. The molecule has 0 spiro atoms. The first-order chi connectivity index (χ1) is 11.4. The standard InChI is InChI=1S/C15H13Br2N5O2/c1-2-21-11-7-8(16)12(17)14(22(23)24)13(11)20-15(21)19-10-6-4-3-5-9(10)18/h3-7H,2,18H2,1H3,(H,19,20). The highest BCUT2D eigenvalue weighted by Crippen LogP contribution is 2.40. The Hall–Kier alpha value is -2.13. The summed E-state index contributed by atoms with van der Waals surface area (Å²) in [5.74, 6) is 0.499. The summed E-state index contributed by atoms with van der Waals surface area (Å²) in [5.41, 5.74) is 8.13. The van der Waals surface area contributed by atoms with E-state index in [1.807, 2.05) is 35.8 Å². The van der Waals surface area contributed by atoms with E-state index in [4.69, 9.17) is 5.73 Å². The number of nitro benzene ring substituents is 1. The van der Waals surface area contributed by atoms with Crippen LogP contribution in [0.2, 0.25) is 0 Å². The molecule has 2 aromatic carbocycles. The number of fused-ring (bicyclic) bond motifs is 1. The van der Waals surface area contributed by atoms with Crippen LogP contribution in [0, 0.1) is 10.1 Å².